The van der Waals surface area contributed by atoms with Gasteiger partial charge in [-0.3, -0.25) is 0 Å². The van der Waals surface area contributed by atoms with Gasteiger partial charge in [0.15, 0.2) is 17.5 Å². The normalized spacial score (nSPS) is 11.6. The first kappa shape index (κ1) is 33.0. The molecule has 0 spiro atoms. The van der Waals surface area contributed by atoms with Crippen LogP contribution in [0.25, 0.3) is 89.9 Å². The minimum atomic E-state index is 0.624. The number of allylic oxidation sites excluding steroid dienone is 2. The van der Waals surface area contributed by atoms with Crippen LogP contribution in [0.2, 0.25) is 0 Å². The molecule has 0 radical (unpaired) electrons. The Hall–Kier alpha value is -7.63. The van der Waals surface area contributed by atoms with E-state index in [9.17, 15) is 0 Å². The quantitative estimate of drug-likeness (QED) is 0.147. The van der Waals surface area contributed by atoms with E-state index in [4.69, 9.17) is 15.0 Å². The molecule has 0 atom stereocenters. The van der Waals surface area contributed by atoms with E-state index in [1.54, 1.807) is 0 Å². The smallest absolute Gasteiger partial charge is 0.164 e. The summed E-state index contributed by atoms with van der Waals surface area (Å²) < 4.78 is 4.57. The van der Waals surface area contributed by atoms with Crippen molar-refractivity contribution in [2.75, 3.05) is 0 Å². The van der Waals surface area contributed by atoms with E-state index in [1.165, 1.54) is 10.9 Å². The third-order valence-corrected chi connectivity index (χ3v) is 10.3. The van der Waals surface area contributed by atoms with E-state index in [1.807, 2.05) is 66.7 Å². The highest BCUT2D eigenvalue weighted by Crippen LogP contribution is 2.37. The van der Waals surface area contributed by atoms with Crippen LogP contribution in [0, 0.1) is 0 Å². The number of aromatic nitrogens is 5. The molecule has 5 nitrogen and oxygen atoms in total. The second-order valence-corrected chi connectivity index (χ2v) is 13.8. The van der Waals surface area contributed by atoms with E-state index >= 15 is 0 Å². The van der Waals surface area contributed by atoms with E-state index in [0.717, 1.165) is 66.6 Å². The molecule has 0 unspecified atom stereocenters. The van der Waals surface area contributed by atoms with Crippen molar-refractivity contribution in [3.63, 3.8) is 0 Å². The number of hydrogen-bond donors (Lipinski definition) is 0. The Morgan fingerprint density at radius 1 is 0.446 bits per heavy atom. The molecule has 10 aromatic rings. The lowest BCUT2D eigenvalue weighted by Crippen LogP contribution is -2.00. The summed E-state index contributed by atoms with van der Waals surface area (Å²) in [6.45, 7) is 4.55. The zero-order chi connectivity index (χ0) is 37.4. The first-order chi connectivity index (χ1) is 27.7. The van der Waals surface area contributed by atoms with Gasteiger partial charge in [-0.25, -0.2) is 15.0 Å². The molecule has 0 saturated heterocycles. The lowest BCUT2D eigenvalue weighted by molar-refractivity contribution is 1.07. The molecule has 0 fully saturated rings. The van der Waals surface area contributed by atoms with Gasteiger partial charge in [0, 0.05) is 56.0 Å². The summed E-state index contributed by atoms with van der Waals surface area (Å²) in [4.78, 5) is 15.0. The van der Waals surface area contributed by atoms with Crippen LogP contribution in [0.5, 0.6) is 0 Å². The summed E-state index contributed by atoms with van der Waals surface area (Å²) >= 11 is 0. The van der Waals surface area contributed by atoms with Crippen molar-refractivity contribution < 1.29 is 0 Å². The zero-order valence-electron chi connectivity index (χ0n) is 30.5. The average molecular weight is 718 g/mol. The van der Waals surface area contributed by atoms with Crippen molar-refractivity contribution in [1.29, 1.82) is 0 Å². The van der Waals surface area contributed by atoms with Gasteiger partial charge >= 0.3 is 0 Å². The van der Waals surface area contributed by atoms with Crippen LogP contribution in [0.4, 0.5) is 0 Å². The summed E-state index contributed by atoms with van der Waals surface area (Å²) in [5, 5.41) is 3.42. The Morgan fingerprint density at radius 2 is 0.964 bits per heavy atom. The summed E-state index contributed by atoms with van der Waals surface area (Å²) in [5.74, 6) is 1.90. The molecule has 7 aromatic carbocycles. The number of nitrogens with zero attached hydrogens (tertiary/aromatic N) is 5. The summed E-state index contributed by atoms with van der Waals surface area (Å²) in [6.07, 6.45) is 6.51. The maximum absolute atomic E-state index is 5.04. The van der Waals surface area contributed by atoms with E-state index < -0.39 is 0 Å². The second kappa shape index (κ2) is 14.0. The molecule has 0 aliphatic heterocycles. The Morgan fingerprint density at radius 3 is 1.61 bits per heavy atom. The molecule has 0 aliphatic rings. The molecule has 0 aliphatic carbocycles. The van der Waals surface area contributed by atoms with Gasteiger partial charge in [0.05, 0.1) is 16.6 Å². The van der Waals surface area contributed by atoms with Crippen molar-refractivity contribution in [1.82, 2.24) is 24.1 Å². The summed E-state index contributed by atoms with van der Waals surface area (Å²) in [7, 11) is 0. The number of benzene rings is 7. The average Bonchev–Trinajstić information content (AvgIpc) is 3.81. The lowest BCUT2D eigenvalue weighted by Gasteiger charge is -2.09. The van der Waals surface area contributed by atoms with Gasteiger partial charge in [0.2, 0.25) is 0 Å². The topological polar surface area (TPSA) is 48.5 Å². The fraction of sp³-hybridized carbons (Fsp3) is 0. The van der Waals surface area contributed by atoms with Crippen LogP contribution in [0.3, 0.4) is 0 Å². The fourth-order valence-electron chi connectivity index (χ4n) is 7.58. The maximum atomic E-state index is 5.04. The largest absolute Gasteiger partial charge is 0.316 e. The van der Waals surface area contributed by atoms with Crippen LogP contribution >= 0.6 is 0 Å². The number of rotatable bonds is 8. The van der Waals surface area contributed by atoms with Crippen molar-refractivity contribution >= 4 is 44.4 Å². The van der Waals surface area contributed by atoms with Crippen LogP contribution in [-0.2, 0) is 0 Å². The molecule has 264 valence electrons. The van der Waals surface area contributed by atoms with Crippen LogP contribution in [0.15, 0.2) is 201 Å². The van der Waals surface area contributed by atoms with Gasteiger partial charge in [-0.2, -0.15) is 0 Å². The minimum absolute atomic E-state index is 0.624. The molecule has 0 saturated carbocycles. The molecule has 0 bridgehead atoms. The van der Waals surface area contributed by atoms with Crippen molar-refractivity contribution in [2.45, 2.75) is 0 Å². The van der Waals surface area contributed by atoms with Crippen molar-refractivity contribution in [2.24, 2.45) is 0 Å². The Balaban J connectivity index is 1.10. The van der Waals surface area contributed by atoms with Crippen LogP contribution in [0.1, 0.15) is 11.1 Å². The molecular formula is C51H35N5. The number of hydrogen-bond acceptors (Lipinski definition) is 3. The van der Waals surface area contributed by atoms with Gasteiger partial charge in [0.25, 0.3) is 0 Å². The molecular weight excluding hydrogens is 683 g/mol. The highest BCUT2D eigenvalue weighted by atomic mass is 15.0. The zero-order valence-corrected chi connectivity index (χ0v) is 30.5. The van der Waals surface area contributed by atoms with Crippen LogP contribution < -0.4 is 0 Å². The Bertz CT molecular complexity index is 3010. The Kier molecular flexibility index (Phi) is 8.23. The minimum Gasteiger partial charge on any atom is -0.316 e. The SMILES string of the molecule is C=C(/C=C\c1cn(-c2ccccc2)c2ccccc12)c1ccc2c(c1)c1cc(-c3nc(-c4ccccc4)nc(-c4ccccc4)n3)ccc1n2-c1ccccc1. The van der Waals surface area contributed by atoms with E-state index in [-0.39, 0.29) is 0 Å². The number of para-hydroxylation sites is 3. The van der Waals surface area contributed by atoms with Crippen molar-refractivity contribution in [3.8, 4) is 45.5 Å². The summed E-state index contributed by atoms with van der Waals surface area (Å²) in [6, 6.07) is 62.9. The predicted molar refractivity (Wildman–Crippen MR) is 232 cm³/mol. The third-order valence-electron chi connectivity index (χ3n) is 10.3. The standard InChI is InChI=1S/C51H35N5/c1-35(26-27-40-34-55(41-20-10-4-11-21-41)46-25-15-14-24-43(40)46)38-28-30-47-44(32-38)45-33-39(29-31-48(45)56(47)42-22-12-5-13-23-42)51-53-49(36-16-6-2-7-17-36)52-50(54-51)37-18-8-3-9-19-37/h2-34H,1H2/b27-26-. The highest BCUT2D eigenvalue weighted by Gasteiger charge is 2.17. The molecule has 56 heavy (non-hydrogen) atoms. The first-order valence-corrected chi connectivity index (χ1v) is 18.7. The van der Waals surface area contributed by atoms with Gasteiger partial charge in [-0.15, -0.1) is 0 Å². The number of fused-ring (bicyclic) bond motifs is 4. The monoisotopic (exact) mass is 717 g/mol. The van der Waals surface area contributed by atoms with Gasteiger partial charge in [0.1, 0.15) is 0 Å². The lowest BCUT2D eigenvalue weighted by atomic mass is 10.0. The molecule has 0 amide bonds. The van der Waals surface area contributed by atoms with E-state index in [0.29, 0.717) is 17.5 Å². The molecule has 10 rings (SSSR count). The van der Waals surface area contributed by atoms with Crippen LogP contribution in [-0.4, -0.2) is 24.1 Å². The van der Waals surface area contributed by atoms with Crippen molar-refractivity contribution in [3.05, 3.63) is 212 Å². The molecule has 5 heteroatoms. The summed E-state index contributed by atoms with van der Waals surface area (Å²) in [5.41, 5.74) is 11.5. The second-order valence-electron chi connectivity index (χ2n) is 13.8. The van der Waals surface area contributed by atoms with Gasteiger partial charge in [-0.05, 0) is 71.8 Å². The molecule has 3 aromatic heterocycles. The fourth-order valence-corrected chi connectivity index (χ4v) is 7.58. The Labute approximate surface area is 324 Å². The molecule has 3 heterocycles. The maximum Gasteiger partial charge on any atom is 0.164 e. The van der Waals surface area contributed by atoms with Gasteiger partial charge in [-0.1, -0.05) is 140 Å². The highest BCUT2D eigenvalue weighted by molar-refractivity contribution is 6.11. The third kappa shape index (κ3) is 5.98. The van der Waals surface area contributed by atoms with Gasteiger partial charge < -0.3 is 9.13 Å². The molecule has 0 N–H and O–H groups in total. The predicted octanol–water partition coefficient (Wildman–Crippen LogP) is 12.6. The van der Waals surface area contributed by atoms with E-state index in [2.05, 4.69) is 149 Å². The first-order valence-electron chi connectivity index (χ1n) is 18.7.